The average molecular weight is 391 g/mol. The zero-order chi connectivity index (χ0) is 18.2. The maximum atomic E-state index is 5.53. The minimum absolute atomic E-state index is 0.133. The molecule has 3 aromatic rings. The van der Waals surface area contributed by atoms with Gasteiger partial charge in [0.2, 0.25) is 5.82 Å². The Labute approximate surface area is 161 Å². The predicted molar refractivity (Wildman–Crippen MR) is 104 cm³/mol. The Kier molecular flexibility index (Phi) is 6.96. The molecule has 0 bridgehead atoms. The summed E-state index contributed by atoms with van der Waals surface area (Å²) in [7, 11) is 0. The normalized spacial score (nSPS) is 11.2. The zero-order valence-electron chi connectivity index (χ0n) is 14.9. The van der Waals surface area contributed by atoms with Crippen molar-refractivity contribution in [3.05, 3.63) is 30.3 Å². The maximum Gasteiger partial charge on any atom is 0.295 e. The summed E-state index contributed by atoms with van der Waals surface area (Å²) in [5, 5.41) is 21.5. The lowest BCUT2D eigenvalue weighted by Crippen LogP contribution is -2.04. The first kappa shape index (κ1) is 18.8. The summed E-state index contributed by atoms with van der Waals surface area (Å²) in [6.07, 6.45) is 3.39. The van der Waals surface area contributed by atoms with Gasteiger partial charge < -0.3 is 4.74 Å². The van der Waals surface area contributed by atoms with Crippen LogP contribution in [0.3, 0.4) is 0 Å². The van der Waals surface area contributed by atoms with Crippen molar-refractivity contribution in [3.63, 3.8) is 0 Å². The summed E-state index contributed by atoms with van der Waals surface area (Å²) in [6, 6.07) is 9.91. The highest BCUT2D eigenvalue weighted by molar-refractivity contribution is 8.01. The van der Waals surface area contributed by atoms with Gasteiger partial charge in [0.05, 0.1) is 12.6 Å². The molecule has 0 unspecified atom stereocenters. The summed E-state index contributed by atoms with van der Waals surface area (Å²) in [5.41, 5.74) is 0.994. The molecule has 9 heteroatoms. The molecule has 7 nitrogen and oxygen atoms in total. The van der Waals surface area contributed by atoms with E-state index in [9.17, 15) is 0 Å². The van der Waals surface area contributed by atoms with Gasteiger partial charge in [-0.3, -0.25) is 0 Å². The van der Waals surface area contributed by atoms with Crippen LogP contribution in [0.4, 0.5) is 0 Å². The predicted octanol–water partition coefficient (Wildman–Crippen LogP) is 3.94. The van der Waals surface area contributed by atoms with Gasteiger partial charge >= 0.3 is 0 Å². The molecule has 0 radical (unpaired) electrons. The van der Waals surface area contributed by atoms with Crippen LogP contribution in [-0.4, -0.2) is 42.3 Å². The van der Waals surface area contributed by atoms with E-state index in [2.05, 4.69) is 25.6 Å². The van der Waals surface area contributed by atoms with Gasteiger partial charge in [0.15, 0.2) is 4.34 Å². The lowest BCUT2D eigenvalue weighted by molar-refractivity contribution is 0.239. The second-order valence-corrected chi connectivity index (χ2v) is 8.27. The number of ether oxygens (including phenoxy) is 1. The minimum Gasteiger partial charge on any atom is -0.466 e. The minimum atomic E-state index is 0.133. The molecule has 0 saturated heterocycles. The first-order valence-electron chi connectivity index (χ1n) is 8.67. The molecule has 1 aromatic carbocycles. The lowest BCUT2D eigenvalue weighted by Gasteiger charge is -2.02. The Hall–Kier alpha value is -2.00. The van der Waals surface area contributed by atoms with Gasteiger partial charge in [-0.1, -0.05) is 53.6 Å². The van der Waals surface area contributed by atoms with Gasteiger partial charge in [-0.15, -0.1) is 15.3 Å². The van der Waals surface area contributed by atoms with Gasteiger partial charge in [0.1, 0.15) is 0 Å². The highest BCUT2D eigenvalue weighted by Gasteiger charge is 2.07. The monoisotopic (exact) mass is 390 g/mol. The van der Waals surface area contributed by atoms with Crippen molar-refractivity contribution in [1.82, 2.24) is 30.4 Å². The van der Waals surface area contributed by atoms with E-state index in [0.717, 1.165) is 41.5 Å². The van der Waals surface area contributed by atoms with Gasteiger partial charge in [0.25, 0.3) is 5.19 Å². The number of thioether (sulfide) groups is 1. The molecule has 0 spiro atoms. The highest BCUT2D eigenvalue weighted by Crippen LogP contribution is 2.28. The number of hydrogen-bond acceptors (Lipinski definition) is 8. The molecule has 138 valence electrons. The van der Waals surface area contributed by atoms with Gasteiger partial charge in [-0.05, 0) is 43.2 Å². The summed E-state index contributed by atoms with van der Waals surface area (Å²) in [6.45, 7) is 4.76. The van der Waals surface area contributed by atoms with E-state index < -0.39 is 0 Å². The van der Waals surface area contributed by atoms with Crippen LogP contribution in [0.25, 0.3) is 11.4 Å². The Morgan fingerprint density at radius 3 is 2.73 bits per heavy atom. The summed E-state index contributed by atoms with van der Waals surface area (Å²) in [4.78, 5) is 1.68. The molecule has 0 aliphatic rings. The molecule has 26 heavy (non-hydrogen) atoms. The third-order valence-electron chi connectivity index (χ3n) is 3.44. The second-order valence-electron chi connectivity index (χ2n) is 5.98. The summed E-state index contributed by atoms with van der Waals surface area (Å²) >= 11 is 3.24. The maximum absolute atomic E-state index is 5.53. The topological polar surface area (TPSA) is 78.6 Å². The fourth-order valence-corrected chi connectivity index (χ4v) is 4.11. The molecule has 0 aliphatic carbocycles. The van der Waals surface area contributed by atoms with Crippen LogP contribution < -0.4 is 4.74 Å². The van der Waals surface area contributed by atoms with Crippen LogP contribution in [-0.2, 0) is 6.54 Å². The molecule has 0 atom stereocenters. The van der Waals surface area contributed by atoms with Gasteiger partial charge in [-0.25, -0.2) is 0 Å². The first-order chi connectivity index (χ1) is 12.7. The summed E-state index contributed by atoms with van der Waals surface area (Å²) in [5.74, 6) is 1.70. The standard InChI is InChI=1S/C17H22N6OS2/c1-13(2)24-16-19-20-17(26-16)25-12-8-4-7-11-23-21-15(18-22-23)14-9-5-3-6-10-14/h3,5-6,9-10,13H,4,7-8,11-12H2,1-2H3. The average Bonchev–Trinajstić information content (AvgIpc) is 3.28. The van der Waals surface area contributed by atoms with E-state index >= 15 is 0 Å². The quantitative estimate of drug-likeness (QED) is 0.383. The fourth-order valence-electron chi connectivity index (χ4n) is 2.24. The number of unbranched alkanes of at least 4 members (excludes halogenated alkanes) is 2. The van der Waals surface area contributed by atoms with E-state index in [0.29, 0.717) is 11.0 Å². The molecule has 0 amide bonds. The fraction of sp³-hybridized carbons (Fsp3) is 0.471. The van der Waals surface area contributed by atoms with Crippen molar-refractivity contribution in [2.75, 3.05) is 5.75 Å². The zero-order valence-corrected chi connectivity index (χ0v) is 16.5. The van der Waals surface area contributed by atoms with Crippen molar-refractivity contribution in [3.8, 4) is 16.6 Å². The van der Waals surface area contributed by atoms with Crippen molar-refractivity contribution >= 4 is 23.1 Å². The Balaban J connectivity index is 1.32. The van der Waals surface area contributed by atoms with Crippen LogP contribution >= 0.6 is 23.1 Å². The Morgan fingerprint density at radius 1 is 1.08 bits per heavy atom. The SMILES string of the molecule is CC(C)Oc1nnc(SCCCCCn2nnc(-c3ccccc3)n2)s1. The number of aromatic nitrogens is 6. The molecule has 2 heterocycles. The number of benzene rings is 1. The molecule has 0 saturated carbocycles. The number of rotatable bonds is 10. The Bertz CT molecular complexity index is 789. The van der Waals surface area contributed by atoms with Crippen LogP contribution in [0.5, 0.6) is 5.19 Å². The smallest absolute Gasteiger partial charge is 0.295 e. The van der Waals surface area contributed by atoms with Crippen LogP contribution in [0.15, 0.2) is 34.7 Å². The third-order valence-corrected chi connectivity index (χ3v) is 5.47. The van der Waals surface area contributed by atoms with E-state index in [1.54, 1.807) is 16.6 Å². The Morgan fingerprint density at radius 2 is 1.92 bits per heavy atom. The van der Waals surface area contributed by atoms with Crippen molar-refractivity contribution in [2.45, 2.75) is 50.1 Å². The molecule has 3 rings (SSSR count). The van der Waals surface area contributed by atoms with Crippen LogP contribution in [0.1, 0.15) is 33.1 Å². The van der Waals surface area contributed by atoms with Crippen molar-refractivity contribution in [2.24, 2.45) is 0 Å². The first-order valence-corrected chi connectivity index (χ1v) is 10.5. The third kappa shape index (κ3) is 5.77. The number of nitrogens with zero attached hydrogens (tertiary/aromatic N) is 6. The van der Waals surface area contributed by atoms with Crippen molar-refractivity contribution in [1.29, 1.82) is 0 Å². The van der Waals surface area contributed by atoms with Crippen LogP contribution in [0.2, 0.25) is 0 Å². The second kappa shape index (κ2) is 9.63. The van der Waals surface area contributed by atoms with Crippen molar-refractivity contribution < 1.29 is 4.74 Å². The van der Waals surface area contributed by atoms with E-state index in [1.165, 1.54) is 11.3 Å². The number of tetrazole rings is 1. The van der Waals surface area contributed by atoms with E-state index in [4.69, 9.17) is 4.74 Å². The number of hydrogen-bond donors (Lipinski definition) is 0. The molecule has 0 fully saturated rings. The summed E-state index contributed by atoms with van der Waals surface area (Å²) < 4.78 is 6.50. The lowest BCUT2D eigenvalue weighted by atomic mass is 10.2. The molecular formula is C17H22N6OS2. The van der Waals surface area contributed by atoms with Gasteiger partial charge in [0, 0.05) is 11.3 Å². The van der Waals surface area contributed by atoms with Gasteiger partial charge in [-0.2, -0.15) is 4.80 Å². The largest absolute Gasteiger partial charge is 0.466 e. The molecule has 2 aromatic heterocycles. The van der Waals surface area contributed by atoms with Crippen LogP contribution in [0, 0.1) is 0 Å². The molecule has 0 aliphatic heterocycles. The van der Waals surface area contributed by atoms with E-state index in [1.807, 2.05) is 44.2 Å². The number of aryl methyl sites for hydroxylation is 1. The molecule has 0 N–H and O–H groups in total. The highest BCUT2D eigenvalue weighted by atomic mass is 32.2. The molecular weight excluding hydrogens is 368 g/mol. The van der Waals surface area contributed by atoms with E-state index in [-0.39, 0.29) is 6.10 Å².